The Morgan fingerprint density at radius 3 is 2.65 bits per heavy atom. The second-order valence-corrected chi connectivity index (χ2v) is 4.45. The van der Waals surface area contributed by atoms with E-state index in [1.54, 1.807) is 6.20 Å². The fraction of sp³-hybridized carbons (Fsp3) is 0.267. The summed E-state index contributed by atoms with van der Waals surface area (Å²) in [6, 6.07) is 8.47. The van der Waals surface area contributed by atoms with E-state index in [-0.39, 0.29) is 0 Å². The average molecular weight is 226 g/mol. The summed E-state index contributed by atoms with van der Waals surface area (Å²) in [4.78, 5) is 4.50. The maximum absolute atomic E-state index is 5.79. The Kier molecular flexibility index (Phi) is 3.14. The Labute approximate surface area is 103 Å². The number of hydrogen-bond donors (Lipinski definition) is 1. The molecule has 2 N–H and O–H groups in total. The highest BCUT2D eigenvalue weighted by atomic mass is 14.7. The van der Waals surface area contributed by atoms with Gasteiger partial charge >= 0.3 is 0 Å². The molecule has 0 aliphatic rings. The molecule has 0 unspecified atom stereocenters. The van der Waals surface area contributed by atoms with Gasteiger partial charge in [0, 0.05) is 5.56 Å². The van der Waals surface area contributed by atoms with Crippen LogP contribution < -0.4 is 5.73 Å². The Morgan fingerprint density at radius 1 is 1.18 bits per heavy atom. The topological polar surface area (TPSA) is 38.9 Å². The fourth-order valence-electron chi connectivity index (χ4n) is 2.03. The first-order valence-electron chi connectivity index (χ1n) is 5.94. The molecule has 0 saturated carbocycles. The maximum atomic E-state index is 5.79. The molecule has 0 radical (unpaired) electrons. The largest absolute Gasteiger partial charge is 0.397 e. The molecule has 1 aromatic heterocycles. The number of anilines is 1. The lowest BCUT2D eigenvalue weighted by Crippen LogP contribution is -1.97. The van der Waals surface area contributed by atoms with Gasteiger partial charge in [-0.15, -0.1) is 0 Å². The van der Waals surface area contributed by atoms with Gasteiger partial charge in [0.15, 0.2) is 0 Å². The van der Waals surface area contributed by atoms with Crippen molar-refractivity contribution in [3.05, 3.63) is 47.2 Å². The third-order valence-electron chi connectivity index (χ3n) is 3.02. The van der Waals surface area contributed by atoms with Crippen molar-refractivity contribution in [2.45, 2.75) is 27.2 Å². The van der Waals surface area contributed by atoms with E-state index in [9.17, 15) is 0 Å². The zero-order chi connectivity index (χ0) is 12.4. The molecule has 88 valence electrons. The summed E-state index contributed by atoms with van der Waals surface area (Å²) in [7, 11) is 0. The molecule has 1 aromatic carbocycles. The third-order valence-corrected chi connectivity index (χ3v) is 3.02. The summed E-state index contributed by atoms with van der Waals surface area (Å²) in [6.45, 7) is 6.35. The molecule has 0 aliphatic heterocycles. The van der Waals surface area contributed by atoms with Crippen LogP contribution in [0, 0.1) is 13.8 Å². The Hall–Kier alpha value is -1.83. The zero-order valence-corrected chi connectivity index (χ0v) is 10.6. The van der Waals surface area contributed by atoms with Crippen LogP contribution in [0.5, 0.6) is 0 Å². The molecular formula is C15H18N2. The number of nitrogens with two attached hydrogens (primary N) is 1. The first-order chi connectivity index (χ1) is 8.11. The number of aromatic nitrogens is 1. The van der Waals surface area contributed by atoms with Crippen LogP contribution in [0.1, 0.15) is 23.6 Å². The van der Waals surface area contributed by atoms with Gasteiger partial charge in [-0.2, -0.15) is 0 Å². The molecule has 17 heavy (non-hydrogen) atoms. The highest BCUT2D eigenvalue weighted by Crippen LogP contribution is 2.27. The van der Waals surface area contributed by atoms with Crippen LogP contribution in [0.15, 0.2) is 30.5 Å². The van der Waals surface area contributed by atoms with Crippen LogP contribution in [0.2, 0.25) is 0 Å². The van der Waals surface area contributed by atoms with E-state index in [4.69, 9.17) is 5.73 Å². The van der Waals surface area contributed by atoms with E-state index in [0.717, 1.165) is 17.8 Å². The summed E-state index contributed by atoms with van der Waals surface area (Å²) in [6.07, 6.45) is 2.68. The molecule has 2 heteroatoms. The monoisotopic (exact) mass is 226 g/mol. The van der Waals surface area contributed by atoms with Crippen molar-refractivity contribution in [3.8, 4) is 11.3 Å². The number of rotatable bonds is 2. The van der Waals surface area contributed by atoms with Crippen molar-refractivity contribution < 1.29 is 0 Å². The predicted molar refractivity (Wildman–Crippen MR) is 72.9 cm³/mol. The van der Waals surface area contributed by atoms with Crippen LogP contribution >= 0.6 is 0 Å². The Balaban J connectivity index is 2.63. The van der Waals surface area contributed by atoms with Crippen molar-refractivity contribution in [1.82, 2.24) is 4.98 Å². The fourth-order valence-corrected chi connectivity index (χ4v) is 2.03. The van der Waals surface area contributed by atoms with Gasteiger partial charge in [0.25, 0.3) is 0 Å². The summed E-state index contributed by atoms with van der Waals surface area (Å²) >= 11 is 0. The number of nitrogens with zero attached hydrogens (tertiary/aromatic N) is 1. The quantitative estimate of drug-likeness (QED) is 0.851. The number of hydrogen-bond acceptors (Lipinski definition) is 2. The average Bonchev–Trinajstić information content (AvgIpc) is 2.32. The number of nitrogen functional groups attached to an aromatic ring is 1. The van der Waals surface area contributed by atoms with Crippen LogP contribution in [0.25, 0.3) is 11.3 Å². The first-order valence-corrected chi connectivity index (χ1v) is 5.94. The molecular weight excluding hydrogens is 208 g/mol. The molecule has 2 nitrogen and oxygen atoms in total. The molecule has 2 rings (SSSR count). The van der Waals surface area contributed by atoms with E-state index < -0.39 is 0 Å². The molecule has 0 spiro atoms. The second-order valence-electron chi connectivity index (χ2n) is 4.45. The van der Waals surface area contributed by atoms with Crippen molar-refractivity contribution >= 4 is 5.69 Å². The van der Waals surface area contributed by atoms with Crippen molar-refractivity contribution in [1.29, 1.82) is 0 Å². The van der Waals surface area contributed by atoms with E-state index in [2.05, 4.69) is 44.0 Å². The van der Waals surface area contributed by atoms with Gasteiger partial charge in [-0.3, -0.25) is 4.98 Å². The van der Waals surface area contributed by atoms with E-state index in [0.29, 0.717) is 0 Å². The van der Waals surface area contributed by atoms with Gasteiger partial charge in [-0.05, 0) is 43.5 Å². The third kappa shape index (κ3) is 2.31. The second kappa shape index (κ2) is 4.58. The Morgan fingerprint density at radius 2 is 1.94 bits per heavy atom. The SMILES string of the molecule is CCc1cc(N)cnc1-c1cc(C)ccc1C. The smallest absolute Gasteiger partial charge is 0.0738 e. The predicted octanol–water partition coefficient (Wildman–Crippen LogP) is 3.51. The summed E-state index contributed by atoms with van der Waals surface area (Å²) in [5.41, 5.74) is 12.5. The molecule has 1 heterocycles. The molecule has 0 aliphatic carbocycles. The minimum absolute atomic E-state index is 0.732. The maximum Gasteiger partial charge on any atom is 0.0738 e. The highest BCUT2D eigenvalue weighted by Gasteiger charge is 2.08. The minimum Gasteiger partial charge on any atom is -0.397 e. The minimum atomic E-state index is 0.732. The molecule has 2 aromatic rings. The standard InChI is InChI=1S/C15H18N2/c1-4-12-8-13(16)9-17-15(12)14-7-10(2)5-6-11(14)3/h5-9H,4,16H2,1-3H3. The van der Waals surface area contributed by atoms with Gasteiger partial charge in [0.05, 0.1) is 17.6 Å². The summed E-state index contributed by atoms with van der Waals surface area (Å²) in [5, 5.41) is 0. The first kappa shape index (κ1) is 11.6. The van der Waals surface area contributed by atoms with Gasteiger partial charge in [0.1, 0.15) is 0 Å². The molecule has 0 fully saturated rings. The number of pyridine rings is 1. The lowest BCUT2D eigenvalue weighted by molar-refractivity contribution is 1.11. The number of aryl methyl sites for hydroxylation is 3. The van der Waals surface area contributed by atoms with Crippen LogP contribution in [0.3, 0.4) is 0 Å². The summed E-state index contributed by atoms with van der Waals surface area (Å²) < 4.78 is 0. The van der Waals surface area contributed by atoms with Crippen molar-refractivity contribution in [3.63, 3.8) is 0 Å². The van der Waals surface area contributed by atoms with Crippen LogP contribution in [0.4, 0.5) is 5.69 Å². The van der Waals surface area contributed by atoms with Crippen molar-refractivity contribution in [2.24, 2.45) is 0 Å². The van der Waals surface area contributed by atoms with E-state index >= 15 is 0 Å². The number of benzene rings is 1. The lowest BCUT2D eigenvalue weighted by atomic mass is 9.98. The lowest BCUT2D eigenvalue weighted by Gasteiger charge is -2.11. The van der Waals surface area contributed by atoms with Crippen LogP contribution in [-0.4, -0.2) is 4.98 Å². The van der Waals surface area contributed by atoms with Gasteiger partial charge in [0.2, 0.25) is 0 Å². The molecule has 0 saturated heterocycles. The normalized spacial score (nSPS) is 10.5. The molecule has 0 bridgehead atoms. The summed E-state index contributed by atoms with van der Waals surface area (Å²) in [5.74, 6) is 0. The van der Waals surface area contributed by atoms with Gasteiger partial charge in [-0.25, -0.2) is 0 Å². The highest BCUT2D eigenvalue weighted by molar-refractivity contribution is 5.69. The van der Waals surface area contributed by atoms with E-state index in [1.807, 2.05) is 6.07 Å². The van der Waals surface area contributed by atoms with E-state index in [1.165, 1.54) is 22.3 Å². The van der Waals surface area contributed by atoms with Gasteiger partial charge in [-0.1, -0.05) is 24.6 Å². The van der Waals surface area contributed by atoms with Crippen molar-refractivity contribution in [2.75, 3.05) is 5.73 Å². The van der Waals surface area contributed by atoms with Gasteiger partial charge < -0.3 is 5.73 Å². The zero-order valence-electron chi connectivity index (χ0n) is 10.6. The molecule has 0 atom stereocenters. The Bertz CT molecular complexity index is 545. The van der Waals surface area contributed by atoms with Crippen LogP contribution in [-0.2, 0) is 6.42 Å². The molecule has 0 amide bonds.